The topological polar surface area (TPSA) is 71.3 Å². The van der Waals surface area contributed by atoms with Crippen LogP contribution in [0.1, 0.15) is 32.5 Å². The molecule has 0 saturated heterocycles. The van der Waals surface area contributed by atoms with Crippen LogP contribution in [-0.4, -0.2) is 11.8 Å². The largest absolute Gasteiger partial charge is 0.459 e. The van der Waals surface area contributed by atoms with Gasteiger partial charge < -0.3 is 15.1 Å². The average molecular weight is 457 g/mol. The van der Waals surface area contributed by atoms with Gasteiger partial charge in [-0.05, 0) is 73.0 Å². The van der Waals surface area contributed by atoms with Crippen LogP contribution < -0.4 is 10.6 Å². The molecule has 2 amide bonds. The minimum absolute atomic E-state index is 0.110. The quantitative estimate of drug-likeness (QED) is 0.307. The maximum absolute atomic E-state index is 13.3. The van der Waals surface area contributed by atoms with E-state index in [4.69, 9.17) is 4.42 Å². The highest BCUT2D eigenvalue weighted by molar-refractivity contribution is 8.00. The second-order valence-electron chi connectivity index (χ2n) is 7.73. The summed E-state index contributed by atoms with van der Waals surface area (Å²) in [5, 5.41) is 5.43. The number of anilines is 2. The maximum atomic E-state index is 13.3. The van der Waals surface area contributed by atoms with E-state index < -0.39 is 5.25 Å². The summed E-state index contributed by atoms with van der Waals surface area (Å²) in [4.78, 5) is 26.5. The number of carbonyl (C=O) groups is 2. The van der Waals surface area contributed by atoms with Gasteiger partial charge in [0.15, 0.2) is 5.76 Å². The fourth-order valence-corrected chi connectivity index (χ4v) is 4.62. The number of rotatable bonds is 7. The average Bonchev–Trinajstić information content (AvgIpc) is 3.33. The van der Waals surface area contributed by atoms with Gasteiger partial charge in [-0.3, -0.25) is 9.59 Å². The lowest BCUT2D eigenvalue weighted by Gasteiger charge is -2.18. The zero-order valence-corrected chi connectivity index (χ0v) is 19.2. The first-order valence-corrected chi connectivity index (χ1v) is 11.4. The molecule has 0 saturated carbocycles. The third-order valence-electron chi connectivity index (χ3n) is 4.92. The molecule has 0 aliphatic carbocycles. The molecular weight excluding hydrogens is 432 g/mol. The number of hydrogen-bond donors (Lipinski definition) is 2. The number of thioether (sulfide) groups is 1. The van der Waals surface area contributed by atoms with Crippen LogP contribution in [0.15, 0.2) is 101 Å². The van der Waals surface area contributed by atoms with Gasteiger partial charge in [-0.2, -0.15) is 0 Å². The summed E-state index contributed by atoms with van der Waals surface area (Å²) in [7, 11) is 0. The van der Waals surface area contributed by atoms with Crippen LogP contribution in [0, 0.1) is 13.8 Å². The van der Waals surface area contributed by atoms with Gasteiger partial charge in [-0.1, -0.05) is 42.5 Å². The molecule has 2 N–H and O–H groups in total. The smallest absolute Gasteiger partial charge is 0.291 e. The van der Waals surface area contributed by atoms with Crippen LogP contribution >= 0.6 is 11.8 Å². The van der Waals surface area contributed by atoms with Crippen molar-refractivity contribution in [1.29, 1.82) is 0 Å². The first-order chi connectivity index (χ1) is 16.0. The summed E-state index contributed by atoms with van der Waals surface area (Å²) in [6.07, 6.45) is 1.46. The molecule has 1 unspecified atom stereocenters. The SMILES string of the molecule is Cc1cc(C)cc(NC(=O)C(Sc2cccc(NC(=O)c3ccco3)c2)c2ccccc2)c1. The number of amides is 2. The van der Waals surface area contributed by atoms with E-state index in [1.54, 1.807) is 18.2 Å². The van der Waals surface area contributed by atoms with Crippen molar-refractivity contribution in [3.8, 4) is 0 Å². The Morgan fingerprint density at radius 3 is 2.24 bits per heavy atom. The number of aryl methyl sites for hydroxylation is 2. The maximum Gasteiger partial charge on any atom is 0.291 e. The molecule has 0 fully saturated rings. The minimum Gasteiger partial charge on any atom is -0.459 e. The number of furan rings is 1. The zero-order chi connectivity index (χ0) is 23.2. The predicted molar refractivity (Wildman–Crippen MR) is 133 cm³/mol. The van der Waals surface area contributed by atoms with Crippen molar-refractivity contribution in [2.75, 3.05) is 10.6 Å². The molecule has 0 radical (unpaired) electrons. The monoisotopic (exact) mass is 456 g/mol. The number of hydrogen-bond acceptors (Lipinski definition) is 4. The third kappa shape index (κ3) is 5.93. The van der Waals surface area contributed by atoms with Gasteiger partial charge >= 0.3 is 0 Å². The van der Waals surface area contributed by atoms with Crippen molar-refractivity contribution in [2.45, 2.75) is 24.0 Å². The summed E-state index contributed by atoms with van der Waals surface area (Å²) in [5.74, 6) is -0.196. The van der Waals surface area contributed by atoms with Gasteiger partial charge in [0, 0.05) is 16.3 Å². The zero-order valence-electron chi connectivity index (χ0n) is 18.4. The Bertz CT molecular complexity index is 1230. The molecule has 1 heterocycles. The molecule has 0 aliphatic heterocycles. The van der Waals surface area contributed by atoms with Gasteiger partial charge in [0.1, 0.15) is 5.25 Å². The summed E-state index contributed by atoms with van der Waals surface area (Å²) in [6, 6.07) is 26.4. The third-order valence-corrected chi connectivity index (χ3v) is 6.17. The predicted octanol–water partition coefficient (Wildman–Crippen LogP) is 6.62. The first kappa shape index (κ1) is 22.4. The Morgan fingerprint density at radius 1 is 0.788 bits per heavy atom. The molecule has 4 aromatic rings. The Kier molecular flexibility index (Phi) is 6.95. The second-order valence-corrected chi connectivity index (χ2v) is 8.91. The van der Waals surface area contributed by atoms with Crippen molar-refractivity contribution in [3.63, 3.8) is 0 Å². The molecule has 3 aromatic carbocycles. The van der Waals surface area contributed by atoms with Crippen molar-refractivity contribution in [1.82, 2.24) is 0 Å². The minimum atomic E-state index is -0.469. The summed E-state index contributed by atoms with van der Waals surface area (Å²) in [5.41, 5.74) is 4.49. The van der Waals surface area contributed by atoms with Gasteiger partial charge in [-0.25, -0.2) is 0 Å². The highest BCUT2D eigenvalue weighted by Gasteiger charge is 2.22. The van der Waals surface area contributed by atoms with E-state index in [1.165, 1.54) is 18.0 Å². The highest BCUT2D eigenvalue weighted by atomic mass is 32.2. The molecular formula is C27H24N2O3S. The van der Waals surface area contributed by atoms with Crippen LogP contribution in [0.4, 0.5) is 11.4 Å². The molecule has 5 nitrogen and oxygen atoms in total. The lowest BCUT2D eigenvalue weighted by molar-refractivity contribution is -0.115. The Hall–Kier alpha value is -3.77. The summed E-state index contributed by atoms with van der Waals surface area (Å²) in [6.45, 7) is 4.02. The molecule has 0 spiro atoms. The fraction of sp³-hybridized carbons (Fsp3) is 0.111. The number of benzene rings is 3. The second kappa shape index (κ2) is 10.2. The normalized spacial score (nSPS) is 11.6. The summed E-state index contributed by atoms with van der Waals surface area (Å²) < 4.78 is 5.15. The van der Waals surface area contributed by atoms with Crippen molar-refractivity contribution in [2.24, 2.45) is 0 Å². The Labute approximate surface area is 197 Å². The Balaban J connectivity index is 1.56. The fourth-order valence-electron chi connectivity index (χ4n) is 3.54. The molecule has 1 atom stereocenters. The van der Waals surface area contributed by atoms with Crippen molar-refractivity contribution in [3.05, 3.63) is 114 Å². The molecule has 1 aromatic heterocycles. The van der Waals surface area contributed by atoms with Gasteiger partial charge in [0.05, 0.1) is 6.26 Å². The van der Waals surface area contributed by atoms with Crippen LogP contribution in [-0.2, 0) is 4.79 Å². The summed E-state index contributed by atoms with van der Waals surface area (Å²) >= 11 is 1.43. The van der Waals surface area contributed by atoms with Gasteiger partial charge in [-0.15, -0.1) is 11.8 Å². The lowest BCUT2D eigenvalue weighted by atomic mass is 10.1. The van der Waals surface area contributed by atoms with Crippen molar-refractivity contribution < 1.29 is 14.0 Å². The van der Waals surface area contributed by atoms with Crippen molar-refractivity contribution >= 4 is 35.0 Å². The van der Waals surface area contributed by atoms with E-state index in [2.05, 4.69) is 16.7 Å². The van der Waals surface area contributed by atoms with E-state index in [1.807, 2.05) is 74.5 Å². The number of nitrogens with one attached hydrogen (secondary N) is 2. The van der Waals surface area contributed by atoms with Crippen LogP contribution in [0.3, 0.4) is 0 Å². The van der Waals surface area contributed by atoms with E-state index in [-0.39, 0.29) is 17.6 Å². The van der Waals surface area contributed by atoms with Crippen LogP contribution in [0.5, 0.6) is 0 Å². The lowest BCUT2D eigenvalue weighted by Crippen LogP contribution is -2.19. The van der Waals surface area contributed by atoms with Gasteiger partial charge in [0.2, 0.25) is 5.91 Å². The van der Waals surface area contributed by atoms with E-state index in [0.29, 0.717) is 5.69 Å². The Morgan fingerprint density at radius 2 is 1.55 bits per heavy atom. The van der Waals surface area contributed by atoms with E-state index in [0.717, 1.165) is 27.3 Å². The standard InChI is InChI=1S/C27H24N2O3S/c1-18-14-19(2)16-22(15-18)29-27(31)25(20-8-4-3-5-9-20)33-23-11-6-10-21(17-23)28-26(30)24-12-7-13-32-24/h3-17,25H,1-2H3,(H,28,30)(H,29,31). The molecule has 33 heavy (non-hydrogen) atoms. The van der Waals surface area contributed by atoms with E-state index >= 15 is 0 Å². The van der Waals surface area contributed by atoms with E-state index in [9.17, 15) is 9.59 Å². The molecule has 166 valence electrons. The van der Waals surface area contributed by atoms with Crippen LogP contribution in [0.25, 0.3) is 0 Å². The molecule has 0 aliphatic rings. The molecule has 0 bridgehead atoms. The van der Waals surface area contributed by atoms with Crippen LogP contribution in [0.2, 0.25) is 0 Å². The molecule has 6 heteroatoms. The first-order valence-electron chi connectivity index (χ1n) is 10.5. The van der Waals surface area contributed by atoms with Gasteiger partial charge in [0.25, 0.3) is 5.91 Å². The highest BCUT2D eigenvalue weighted by Crippen LogP contribution is 2.37. The molecule has 4 rings (SSSR count). The number of carbonyl (C=O) groups excluding carboxylic acids is 2.